The van der Waals surface area contributed by atoms with Crippen LogP contribution in [0.25, 0.3) is 0 Å². The highest BCUT2D eigenvalue weighted by Crippen LogP contribution is 2.36. The molecule has 0 heterocycles. The molecule has 106 valence electrons. The highest BCUT2D eigenvalue weighted by molar-refractivity contribution is 5.75. The van der Waals surface area contributed by atoms with Gasteiger partial charge < -0.3 is 14.7 Å². The Morgan fingerprint density at radius 1 is 1.28 bits per heavy atom. The highest BCUT2D eigenvalue weighted by atomic mass is 16.5. The highest BCUT2D eigenvalue weighted by Gasteiger charge is 2.39. The Balaban J connectivity index is 2.52. The number of hydrogen-bond acceptors (Lipinski definition) is 3. The van der Waals surface area contributed by atoms with E-state index in [1.54, 1.807) is 0 Å². The molecular formula is C14H27NO3. The van der Waals surface area contributed by atoms with E-state index in [2.05, 4.69) is 4.90 Å². The monoisotopic (exact) mass is 257 g/mol. The molecule has 1 aliphatic carbocycles. The Morgan fingerprint density at radius 2 is 1.89 bits per heavy atom. The zero-order valence-corrected chi connectivity index (χ0v) is 11.8. The average Bonchev–Trinajstić information content (AvgIpc) is 2.56. The first-order valence-electron chi connectivity index (χ1n) is 7.10. The minimum Gasteiger partial charge on any atom is -0.481 e. The van der Waals surface area contributed by atoms with Crippen LogP contribution in [0.2, 0.25) is 0 Å². The molecule has 18 heavy (non-hydrogen) atoms. The molecule has 1 fully saturated rings. The van der Waals surface area contributed by atoms with Gasteiger partial charge in [-0.1, -0.05) is 25.7 Å². The van der Waals surface area contributed by atoms with Crippen molar-refractivity contribution in [1.29, 1.82) is 0 Å². The van der Waals surface area contributed by atoms with Crippen molar-refractivity contribution in [3.63, 3.8) is 0 Å². The van der Waals surface area contributed by atoms with Crippen molar-refractivity contribution in [2.24, 2.45) is 5.41 Å². The lowest BCUT2D eigenvalue weighted by atomic mass is 9.80. The van der Waals surface area contributed by atoms with Crippen LogP contribution in [-0.4, -0.2) is 49.3 Å². The third kappa shape index (κ3) is 4.58. The summed E-state index contributed by atoms with van der Waals surface area (Å²) in [6.45, 7) is 4.84. The molecule has 0 saturated heterocycles. The fraction of sp³-hybridized carbons (Fsp3) is 0.929. The van der Waals surface area contributed by atoms with Gasteiger partial charge in [0.25, 0.3) is 0 Å². The Labute approximate surface area is 110 Å². The fourth-order valence-electron chi connectivity index (χ4n) is 2.81. The van der Waals surface area contributed by atoms with E-state index >= 15 is 0 Å². The third-order valence-corrected chi connectivity index (χ3v) is 3.91. The second kappa shape index (κ2) is 7.74. The molecular weight excluding hydrogens is 230 g/mol. The first-order valence-corrected chi connectivity index (χ1v) is 7.10. The summed E-state index contributed by atoms with van der Waals surface area (Å²) >= 11 is 0. The van der Waals surface area contributed by atoms with E-state index < -0.39 is 11.4 Å². The Kier molecular flexibility index (Phi) is 6.65. The second-order valence-electron chi connectivity index (χ2n) is 5.43. The molecule has 0 aliphatic heterocycles. The normalized spacial score (nSPS) is 19.7. The number of hydrogen-bond donors (Lipinski definition) is 1. The molecule has 1 rings (SSSR count). The lowest BCUT2D eigenvalue weighted by molar-refractivity contribution is -0.151. The van der Waals surface area contributed by atoms with E-state index in [9.17, 15) is 9.90 Å². The summed E-state index contributed by atoms with van der Waals surface area (Å²) in [5.74, 6) is -0.618. The van der Waals surface area contributed by atoms with Crippen molar-refractivity contribution in [1.82, 2.24) is 4.90 Å². The van der Waals surface area contributed by atoms with Gasteiger partial charge in [-0.15, -0.1) is 0 Å². The number of carboxylic acid groups (broad SMARTS) is 1. The van der Waals surface area contributed by atoms with Gasteiger partial charge in [0, 0.05) is 19.7 Å². The Bertz CT molecular complexity index is 247. The van der Waals surface area contributed by atoms with Crippen LogP contribution >= 0.6 is 0 Å². The molecule has 0 aromatic heterocycles. The number of likely N-dealkylation sites (N-methyl/N-ethyl adjacent to an activating group) is 1. The average molecular weight is 257 g/mol. The fourth-order valence-corrected chi connectivity index (χ4v) is 2.81. The molecule has 0 radical (unpaired) electrons. The van der Waals surface area contributed by atoms with Gasteiger partial charge in [-0.05, 0) is 26.8 Å². The lowest BCUT2D eigenvalue weighted by Crippen LogP contribution is -2.42. The van der Waals surface area contributed by atoms with E-state index in [1.807, 2.05) is 14.0 Å². The molecule has 0 bridgehead atoms. The summed E-state index contributed by atoms with van der Waals surface area (Å²) in [5.41, 5.74) is -0.530. The van der Waals surface area contributed by atoms with Crippen molar-refractivity contribution >= 4 is 5.97 Å². The van der Waals surface area contributed by atoms with Gasteiger partial charge in [-0.2, -0.15) is 0 Å². The van der Waals surface area contributed by atoms with Crippen LogP contribution in [0.1, 0.15) is 45.4 Å². The van der Waals surface area contributed by atoms with Gasteiger partial charge in [-0.25, -0.2) is 0 Å². The molecule has 0 aromatic carbocycles. The minimum atomic E-state index is -0.618. The van der Waals surface area contributed by atoms with Crippen LogP contribution in [0.15, 0.2) is 0 Å². The van der Waals surface area contributed by atoms with E-state index in [1.165, 1.54) is 12.8 Å². The maximum atomic E-state index is 11.6. The quantitative estimate of drug-likeness (QED) is 0.562. The van der Waals surface area contributed by atoms with Gasteiger partial charge in [0.05, 0.1) is 12.0 Å². The Morgan fingerprint density at radius 3 is 2.39 bits per heavy atom. The zero-order chi connectivity index (χ0) is 13.4. The van der Waals surface area contributed by atoms with Crippen molar-refractivity contribution in [3.8, 4) is 0 Å². The van der Waals surface area contributed by atoms with Crippen molar-refractivity contribution in [2.45, 2.75) is 45.4 Å². The first-order chi connectivity index (χ1) is 8.60. The van der Waals surface area contributed by atoms with Crippen LogP contribution < -0.4 is 0 Å². The predicted molar refractivity (Wildman–Crippen MR) is 71.8 cm³/mol. The molecule has 4 nitrogen and oxygen atoms in total. The van der Waals surface area contributed by atoms with Gasteiger partial charge in [0.1, 0.15) is 0 Å². The number of carbonyl (C=O) groups is 1. The molecule has 1 N–H and O–H groups in total. The van der Waals surface area contributed by atoms with E-state index in [4.69, 9.17) is 4.74 Å². The zero-order valence-electron chi connectivity index (χ0n) is 11.8. The van der Waals surface area contributed by atoms with E-state index in [-0.39, 0.29) is 0 Å². The van der Waals surface area contributed by atoms with Crippen LogP contribution in [0.3, 0.4) is 0 Å². The number of nitrogens with zero attached hydrogens (tertiary/aromatic N) is 1. The first kappa shape index (κ1) is 15.4. The lowest BCUT2D eigenvalue weighted by Gasteiger charge is -2.32. The summed E-state index contributed by atoms with van der Waals surface area (Å²) in [5, 5.41) is 9.58. The maximum Gasteiger partial charge on any atom is 0.310 e. The molecule has 4 heteroatoms. The summed E-state index contributed by atoms with van der Waals surface area (Å²) < 4.78 is 5.32. The van der Waals surface area contributed by atoms with Gasteiger partial charge in [-0.3, -0.25) is 4.79 Å². The molecule has 0 amide bonds. The minimum absolute atomic E-state index is 0.530. The van der Waals surface area contributed by atoms with Crippen molar-refractivity contribution < 1.29 is 14.6 Å². The molecule has 1 saturated carbocycles. The van der Waals surface area contributed by atoms with Crippen molar-refractivity contribution in [2.75, 3.05) is 33.4 Å². The summed E-state index contributed by atoms with van der Waals surface area (Å²) in [4.78, 5) is 13.7. The van der Waals surface area contributed by atoms with Crippen LogP contribution in [0.4, 0.5) is 0 Å². The van der Waals surface area contributed by atoms with E-state index in [0.29, 0.717) is 13.2 Å². The smallest absolute Gasteiger partial charge is 0.310 e. The van der Waals surface area contributed by atoms with Gasteiger partial charge in [0.2, 0.25) is 0 Å². The molecule has 1 aliphatic rings. The molecule has 0 atom stereocenters. The van der Waals surface area contributed by atoms with Crippen LogP contribution in [-0.2, 0) is 9.53 Å². The largest absolute Gasteiger partial charge is 0.481 e. The number of carboxylic acids is 1. The third-order valence-electron chi connectivity index (χ3n) is 3.91. The number of ether oxygens (including phenoxy) is 1. The van der Waals surface area contributed by atoms with Crippen molar-refractivity contribution in [3.05, 3.63) is 0 Å². The number of rotatable bonds is 7. The predicted octanol–water partition coefficient (Wildman–Crippen LogP) is 2.38. The topological polar surface area (TPSA) is 49.8 Å². The maximum absolute atomic E-state index is 11.6. The SMILES string of the molecule is CCOCCN(C)CC1(C(=O)O)CCCCCC1. The summed E-state index contributed by atoms with van der Waals surface area (Å²) in [6.07, 6.45) is 6.09. The number of aliphatic carboxylic acids is 1. The van der Waals surface area contributed by atoms with Gasteiger partial charge in [0.15, 0.2) is 0 Å². The summed E-state index contributed by atoms with van der Waals surface area (Å²) in [6, 6.07) is 0. The van der Waals surface area contributed by atoms with E-state index in [0.717, 1.165) is 38.8 Å². The van der Waals surface area contributed by atoms with Gasteiger partial charge >= 0.3 is 5.97 Å². The second-order valence-corrected chi connectivity index (χ2v) is 5.43. The molecule has 0 aromatic rings. The standard InChI is InChI=1S/C14H27NO3/c1-3-18-11-10-15(2)12-14(13(16)17)8-6-4-5-7-9-14/h3-12H2,1-2H3,(H,16,17). The van der Waals surface area contributed by atoms with Crippen LogP contribution in [0.5, 0.6) is 0 Å². The molecule has 0 unspecified atom stereocenters. The van der Waals surface area contributed by atoms with Crippen LogP contribution in [0, 0.1) is 5.41 Å². The summed E-state index contributed by atoms with van der Waals surface area (Å²) in [7, 11) is 1.99. The molecule has 0 spiro atoms. The Hall–Kier alpha value is -0.610.